The van der Waals surface area contributed by atoms with Crippen molar-refractivity contribution in [1.82, 2.24) is 4.90 Å². The van der Waals surface area contributed by atoms with E-state index in [1.54, 1.807) is 4.90 Å². The number of amides is 1. The van der Waals surface area contributed by atoms with E-state index in [0.717, 1.165) is 24.1 Å². The van der Waals surface area contributed by atoms with Crippen molar-refractivity contribution in [2.75, 3.05) is 27.2 Å². The van der Waals surface area contributed by atoms with Gasteiger partial charge in [0.15, 0.2) is 0 Å². The zero-order valence-corrected chi connectivity index (χ0v) is 18.5. The quantitative estimate of drug-likeness (QED) is 0.407. The number of hydrogen-bond acceptors (Lipinski definition) is 3. The van der Waals surface area contributed by atoms with Crippen LogP contribution < -0.4 is 4.90 Å². The summed E-state index contributed by atoms with van der Waals surface area (Å²) in [5.41, 5.74) is 2.27. The first kappa shape index (κ1) is 22.7. The Kier molecular flexibility index (Phi) is 6.91. The van der Waals surface area contributed by atoms with E-state index in [9.17, 15) is 19.1 Å². The van der Waals surface area contributed by atoms with E-state index in [1.807, 2.05) is 38.4 Å². The first-order valence-corrected chi connectivity index (χ1v) is 10.6. The first-order valence-electron chi connectivity index (χ1n) is 10.6. The van der Waals surface area contributed by atoms with Gasteiger partial charge in [-0.05, 0) is 41.3 Å². The molecule has 1 heterocycles. The molecular weight excluding hydrogens is 395 g/mol. The molecule has 0 bridgehead atoms. The van der Waals surface area contributed by atoms with Crippen LogP contribution in [0.5, 0.6) is 0 Å². The molecule has 31 heavy (non-hydrogen) atoms. The van der Waals surface area contributed by atoms with Crippen LogP contribution >= 0.6 is 0 Å². The van der Waals surface area contributed by atoms with Crippen LogP contribution in [-0.2, 0) is 9.59 Å². The van der Waals surface area contributed by atoms with E-state index in [1.165, 1.54) is 29.2 Å². The van der Waals surface area contributed by atoms with Gasteiger partial charge in [0.1, 0.15) is 11.6 Å². The monoisotopic (exact) mass is 425 g/mol. The number of Topliss-reactive ketones (excluding diaryl/α,β-unsaturated/α-hetero) is 1. The molecule has 0 aliphatic carbocycles. The Morgan fingerprint density at radius 3 is 2.23 bits per heavy atom. The zero-order valence-electron chi connectivity index (χ0n) is 18.5. The number of halogens is 1. The van der Waals surface area contributed by atoms with Crippen molar-refractivity contribution in [3.8, 4) is 0 Å². The van der Waals surface area contributed by atoms with Crippen molar-refractivity contribution in [2.45, 2.75) is 32.2 Å². The van der Waals surface area contributed by atoms with Crippen molar-refractivity contribution in [3.05, 3.63) is 76.6 Å². The number of benzene rings is 2. The lowest BCUT2D eigenvalue weighted by molar-refractivity contribution is -0.858. The van der Waals surface area contributed by atoms with Gasteiger partial charge in [-0.2, -0.15) is 0 Å². The molecule has 2 aromatic rings. The largest absolute Gasteiger partial charge is 0.507 e. The van der Waals surface area contributed by atoms with Gasteiger partial charge in [-0.3, -0.25) is 9.59 Å². The minimum atomic E-state index is -0.711. The first-order chi connectivity index (χ1) is 14.7. The standard InChI is InChI=1S/C25H29FN2O3/c1-16(2)17-6-8-18(9-7-17)22-21(23(29)19-10-12-20(26)13-11-19)24(30)25(31)28(22)15-5-14-27(3)4/h6-13,16,22,29H,5,14-15H2,1-4H3/p+1/t22-/m1/s1. The van der Waals surface area contributed by atoms with E-state index in [-0.39, 0.29) is 11.3 Å². The molecule has 1 aliphatic rings. The van der Waals surface area contributed by atoms with Crippen molar-refractivity contribution in [1.29, 1.82) is 0 Å². The average Bonchev–Trinajstić information content (AvgIpc) is 2.98. The predicted molar refractivity (Wildman–Crippen MR) is 118 cm³/mol. The molecule has 0 radical (unpaired) electrons. The van der Waals surface area contributed by atoms with Gasteiger partial charge in [0.25, 0.3) is 11.7 Å². The number of hydrogen-bond donors (Lipinski definition) is 2. The topological polar surface area (TPSA) is 62.0 Å². The molecule has 2 N–H and O–H groups in total. The highest BCUT2D eigenvalue weighted by molar-refractivity contribution is 6.46. The molecule has 0 saturated carbocycles. The van der Waals surface area contributed by atoms with Gasteiger partial charge in [-0.25, -0.2) is 4.39 Å². The lowest BCUT2D eigenvalue weighted by Gasteiger charge is -2.26. The number of aliphatic hydroxyl groups excluding tert-OH is 1. The Bertz CT molecular complexity index is 979. The molecular formula is C25H30FN2O3+. The molecule has 3 rings (SSSR count). The molecule has 1 fully saturated rings. The Morgan fingerprint density at radius 1 is 1.06 bits per heavy atom. The predicted octanol–water partition coefficient (Wildman–Crippen LogP) is 2.91. The summed E-state index contributed by atoms with van der Waals surface area (Å²) in [4.78, 5) is 28.7. The van der Waals surface area contributed by atoms with Crippen molar-refractivity contribution in [3.63, 3.8) is 0 Å². The van der Waals surface area contributed by atoms with Gasteiger partial charge in [0, 0.05) is 18.5 Å². The summed E-state index contributed by atoms with van der Waals surface area (Å²) >= 11 is 0. The maximum atomic E-state index is 13.3. The Morgan fingerprint density at radius 2 is 1.68 bits per heavy atom. The Balaban J connectivity index is 2.08. The highest BCUT2D eigenvalue weighted by atomic mass is 19.1. The molecule has 1 saturated heterocycles. The highest BCUT2D eigenvalue weighted by Gasteiger charge is 2.45. The van der Waals surface area contributed by atoms with Crippen molar-refractivity contribution >= 4 is 17.4 Å². The van der Waals surface area contributed by atoms with Gasteiger partial charge in [-0.15, -0.1) is 0 Å². The second kappa shape index (κ2) is 9.43. The van der Waals surface area contributed by atoms with Crippen LogP contribution in [0.4, 0.5) is 4.39 Å². The zero-order chi connectivity index (χ0) is 22.7. The smallest absolute Gasteiger partial charge is 0.295 e. The molecule has 0 spiro atoms. The third kappa shape index (κ3) is 4.85. The molecule has 6 heteroatoms. The van der Waals surface area contributed by atoms with Crippen LogP contribution in [-0.4, -0.2) is 48.9 Å². The summed E-state index contributed by atoms with van der Waals surface area (Å²) in [5.74, 6) is -1.70. The van der Waals surface area contributed by atoms with E-state index < -0.39 is 23.5 Å². The van der Waals surface area contributed by atoms with E-state index >= 15 is 0 Å². The van der Waals surface area contributed by atoms with E-state index in [2.05, 4.69) is 13.8 Å². The minimum absolute atomic E-state index is 0.0473. The number of likely N-dealkylation sites (tertiary alicyclic amines) is 1. The molecule has 1 aliphatic heterocycles. The molecule has 1 atom stereocenters. The Hall–Kier alpha value is -2.99. The van der Waals surface area contributed by atoms with Crippen LogP contribution in [0.3, 0.4) is 0 Å². The highest BCUT2D eigenvalue weighted by Crippen LogP contribution is 2.39. The number of rotatable bonds is 7. The van der Waals surface area contributed by atoms with Crippen molar-refractivity contribution in [2.24, 2.45) is 0 Å². The molecule has 5 nitrogen and oxygen atoms in total. The third-order valence-electron chi connectivity index (χ3n) is 5.65. The molecule has 1 amide bonds. The minimum Gasteiger partial charge on any atom is -0.507 e. The van der Waals surface area contributed by atoms with Gasteiger partial charge >= 0.3 is 0 Å². The number of ketones is 1. The van der Waals surface area contributed by atoms with E-state index in [0.29, 0.717) is 18.0 Å². The molecule has 0 aromatic heterocycles. The number of aliphatic hydroxyl groups is 1. The van der Waals surface area contributed by atoms with Crippen LogP contribution in [0.2, 0.25) is 0 Å². The molecule has 2 aromatic carbocycles. The Labute approximate surface area is 182 Å². The number of carbonyl (C=O) groups excluding carboxylic acids is 2. The summed E-state index contributed by atoms with van der Waals surface area (Å²) < 4.78 is 13.3. The summed E-state index contributed by atoms with van der Waals surface area (Å²) in [6, 6.07) is 12.4. The van der Waals surface area contributed by atoms with Crippen LogP contribution in [0, 0.1) is 5.82 Å². The number of nitrogens with one attached hydrogen (secondary N) is 1. The fourth-order valence-corrected chi connectivity index (χ4v) is 3.89. The van der Waals surface area contributed by atoms with Crippen LogP contribution in [0.1, 0.15) is 48.9 Å². The van der Waals surface area contributed by atoms with Gasteiger partial charge < -0.3 is 14.9 Å². The second-order valence-electron chi connectivity index (χ2n) is 8.63. The number of quaternary nitrogens is 1. The van der Waals surface area contributed by atoms with Crippen LogP contribution in [0.15, 0.2) is 54.1 Å². The second-order valence-corrected chi connectivity index (χ2v) is 8.63. The average molecular weight is 426 g/mol. The fourth-order valence-electron chi connectivity index (χ4n) is 3.89. The van der Waals surface area contributed by atoms with Crippen LogP contribution in [0.25, 0.3) is 5.76 Å². The normalized spacial score (nSPS) is 18.4. The van der Waals surface area contributed by atoms with Gasteiger partial charge in [-0.1, -0.05) is 38.1 Å². The van der Waals surface area contributed by atoms with Gasteiger partial charge in [0.05, 0.1) is 32.3 Å². The summed E-state index contributed by atoms with van der Waals surface area (Å²) in [6.07, 6.45) is 0.729. The summed E-state index contributed by atoms with van der Waals surface area (Å²) in [6.45, 7) is 5.45. The number of nitrogens with zero attached hydrogens (tertiary/aromatic N) is 1. The molecule has 164 valence electrons. The van der Waals surface area contributed by atoms with E-state index in [4.69, 9.17) is 0 Å². The maximum absolute atomic E-state index is 13.3. The van der Waals surface area contributed by atoms with Crippen molar-refractivity contribution < 1.29 is 24.0 Å². The third-order valence-corrected chi connectivity index (χ3v) is 5.65. The van der Waals surface area contributed by atoms with Gasteiger partial charge in [0.2, 0.25) is 0 Å². The summed E-state index contributed by atoms with van der Waals surface area (Å²) in [7, 11) is 4.07. The number of carbonyl (C=O) groups is 2. The maximum Gasteiger partial charge on any atom is 0.295 e. The fraction of sp³-hybridized carbons (Fsp3) is 0.360. The molecule has 0 unspecified atom stereocenters. The lowest BCUT2D eigenvalue weighted by atomic mass is 9.93. The lowest BCUT2D eigenvalue weighted by Crippen LogP contribution is -3.05. The SMILES string of the molecule is CC(C)c1ccc([C@@H]2C(=C(O)c3ccc(F)cc3)C(=O)C(=O)N2CCC[NH+](C)C)cc1. The summed E-state index contributed by atoms with van der Waals surface area (Å²) in [5, 5.41) is 11.0.